The molecule has 0 spiro atoms. The van der Waals surface area contributed by atoms with Gasteiger partial charge < -0.3 is 9.72 Å². The summed E-state index contributed by atoms with van der Waals surface area (Å²) in [6, 6.07) is 8.30. The van der Waals surface area contributed by atoms with Gasteiger partial charge in [0.1, 0.15) is 5.69 Å². The molecule has 0 saturated carbocycles. The molecule has 1 aromatic carbocycles. The van der Waals surface area contributed by atoms with Crippen LogP contribution in [-0.4, -0.2) is 22.1 Å². The molecule has 0 bridgehead atoms. The van der Waals surface area contributed by atoms with E-state index in [1.54, 1.807) is 7.11 Å². The van der Waals surface area contributed by atoms with Crippen molar-refractivity contribution in [1.82, 2.24) is 15.0 Å². The molecular weight excluding hydrogens is 286 g/mol. The lowest BCUT2D eigenvalue weighted by Gasteiger charge is -2.12. The minimum Gasteiger partial charge on any atom is -0.480 e. The van der Waals surface area contributed by atoms with Crippen LogP contribution in [0.5, 0.6) is 5.88 Å². The van der Waals surface area contributed by atoms with Gasteiger partial charge in [-0.2, -0.15) is 0 Å². The lowest BCUT2D eigenvalue weighted by molar-refractivity contribution is 0.387. The summed E-state index contributed by atoms with van der Waals surface area (Å²) in [7, 11) is 1.66. The van der Waals surface area contributed by atoms with E-state index in [4.69, 9.17) is 14.7 Å². The van der Waals surface area contributed by atoms with Gasteiger partial charge in [-0.3, -0.25) is 4.98 Å². The number of hydrogen-bond acceptors (Lipinski definition) is 3. The van der Waals surface area contributed by atoms with Crippen LogP contribution < -0.4 is 4.74 Å². The Balaban J connectivity index is 1.97. The van der Waals surface area contributed by atoms with Gasteiger partial charge >= 0.3 is 0 Å². The normalized spacial score (nSPS) is 11.3. The van der Waals surface area contributed by atoms with Crippen molar-refractivity contribution in [2.24, 2.45) is 5.92 Å². The first-order chi connectivity index (χ1) is 11.1. The van der Waals surface area contributed by atoms with Gasteiger partial charge in [0.15, 0.2) is 0 Å². The number of ether oxygens (including phenoxy) is 1. The van der Waals surface area contributed by atoms with E-state index in [-0.39, 0.29) is 0 Å². The topological polar surface area (TPSA) is 50.8 Å². The summed E-state index contributed by atoms with van der Waals surface area (Å²) in [5, 5.41) is 1.22. The number of nitrogens with zero attached hydrogens (tertiary/aromatic N) is 2. The van der Waals surface area contributed by atoms with Crippen molar-refractivity contribution in [2.45, 2.75) is 33.6 Å². The van der Waals surface area contributed by atoms with Crippen LogP contribution in [0.15, 0.2) is 30.5 Å². The molecule has 0 fully saturated rings. The van der Waals surface area contributed by atoms with Gasteiger partial charge in [0.05, 0.1) is 18.5 Å². The average Bonchev–Trinajstić information content (AvgIpc) is 2.93. The Hall–Kier alpha value is -2.36. The van der Waals surface area contributed by atoms with Gasteiger partial charge in [0.25, 0.3) is 0 Å². The van der Waals surface area contributed by atoms with Gasteiger partial charge in [0, 0.05) is 23.5 Å². The lowest BCUT2D eigenvalue weighted by atomic mass is 10.1. The zero-order valence-electron chi connectivity index (χ0n) is 14.2. The molecule has 0 atom stereocenters. The molecule has 2 aromatic heterocycles. The van der Waals surface area contributed by atoms with Crippen molar-refractivity contribution < 1.29 is 4.74 Å². The highest BCUT2D eigenvalue weighted by Gasteiger charge is 2.15. The smallest absolute Gasteiger partial charge is 0.235 e. The quantitative estimate of drug-likeness (QED) is 0.773. The number of H-pyrrole nitrogens is 1. The summed E-state index contributed by atoms with van der Waals surface area (Å²) in [5.74, 6) is 1.18. The van der Waals surface area contributed by atoms with Crippen molar-refractivity contribution in [3.63, 3.8) is 0 Å². The minimum absolute atomic E-state index is 0.548. The fourth-order valence-electron chi connectivity index (χ4n) is 2.90. The summed E-state index contributed by atoms with van der Waals surface area (Å²) in [5.41, 5.74) is 5.27. The maximum absolute atomic E-state index is 5.50. The molecule has 4 nitrogen and oxygen atoms in total. The molecule has 0 aliphatic heterocycles. The summed E-state index contributed by atoms with van der Waals surface area (Å²) in [4.78, 5) is 12.8. The maximum Gasteiger partial charge on any atom is 0.235 e. The first kappa shape index (κ1) is 15.5. The highest BCUT2D eigenvalue weighted by molar-refractivity contribution is 5.83. The van der Waals surface area contributed by atoms with E-state index >= 15 is 0 Å². The molecule has 0 amide bonds. The van der Waals surface area contributed by atoms with Crippen molar-refractivity contribution in [3.05, 3.63) is 53.1 Å². The third-order valence-electron chi connectivity index (χ3n) is 4.03. The van der Waals surface area contributed by atoms with E-state index in [1.165, 1.54) is 10.9 Å². The number of aromatic amines is 1. The number of aromatic nitrogens is 3. The largest absolute Gasteiger partial charge is 0.480 e. The number of nitrogens with one attached hydrogen (secondary N) is 1. The summed E-state index contributed by atoms with van der Waals surface area (Å²) in [6.07, 6.45) is 3.68. The first-order valence-corrected chi connectivity index (χ1v) is 8.04. The zero-order chi connectivity index (χ0) is 16.4. The Morgan fingerprint density at radius 1 is 1.13 bits per heavy atom. The van der Waals surface area contributed by atoms with Crippen LogP contribution >= 0.6 is 0 Å². The van der Waals surface area contributed by atoms with Crippen molar-refractivity contribution in [1.29, 1.82) is 0 Å². The third-order valence-corrected chi connectivity index (χ3v) is 4.03. The van der Waals surface area contributed by atoms with Crippen molar-refractivity contribution in [3.8, 4) is 5.88 Å². The first-order valence-electron chi connectivity index (χ1n) is 8.04. The number of aryl methyl sites for hydroxylation is 1. The number of rotatable bonds is 5. The maximum atomic E-state index is 5.50. The molecule has 3 rings (SSSR count). The van der Waals surface area contributed by atoms with Crippen LogP contribution in [0.4, 0.5) is 0 Å². The van der Waals surface area contributed by atoms with E-state index in [0.29, 0.717) is 18.2 Å². The number of benzene rings is 1. The van der Waals surface area contributed by atoms with Gasteiger partial charge in [-0.1, -0.05) is 32.0 Å². The molecule has 120 valence electrons. The van der Waals surface area contributed by atoms with Gasteiger partial charge in [-0.15, -0.1) is 0 Å². The minimum atomic E-state index is 0.548. The highest BCUT2D eigenvalue weighted by Crippen LogP contribution is 2.25. The Bertz CT molecular complexity index is 821. The molecule has 2 heterocycles. The molecule has 0 unspecified atom stereocenters. The lowest BCUT2D eigenvalue weighted by Crippen LogP contribution is -2.08. The zero-order valence-corrected chi connectivity index (χ0v) is 14.2. The van der Waals surface area contributed by atoms with Crippen molar-refractivity contribution >= 4 is 10.9 Å². The number of methoxy groups -OCH3 is 1. The highest BCUT2D eigenvalue weighted by atomic mass is 16.5. The van der Waals surface area contributed by atoms with Gasteiger partial charge in [0.2, 0.25) is 5.88 Å². The van der Waals surface area contributed by atoms with Crippen LogP contribution in [0.1, 0.15) is 36.5 Å². The molecule has 0 saturated heterocycles. The predicted octanol–water partition coefficient (Wildman–Crippen LogP) is 4.06. The van der Waals surface area contributed by atoms with Crippen LogP contribution in [0, 0.1) is 12.8 Å². The Morgan fingerprint density at radius 2 is 1.91 bits per heavy atom. The van der Waals surface area contributed by atoms with E-state index in [0.717, 1.165) is 29.0 Å². The van der Waals surface area contributed by atoms with Crippen LogP contribution in [0.3, 0.4) is 0 Å². The standard InChI is InChI=1S/C19H23N3O/c1-12(2)9-17-13(3)21-18(19(22-17)23-4)10-14-11-20-16-8-6-5-7-15(14)16/h5-8,11-12,20H,9-10H2,1-4H3. The SMILES string of the molecule is COc1nc(CC(C)C)c(C)nc1Cc1c[nH]c2ccccc12. The van der Waals surface area contributed by atoms with E-state index < -0.39 is 0 Å². The molecule has 0 aliphatic carbocycles. The number of fused-ring (bicyclic) bond motifs is 1. The molecule has 1 N–H and O–H groups in total. The molecule has 4 heteroatoms. The van der Waals surface area contributed by atoms with Gasteiger partial charge in [-0.05, 0) is 30.9 Å². The number of hydrogen-bond donors (Lipinski definition) is 1. The Morgan fingerprint density at radius 3 is 2.65 bits per heavy atom. The molecule has 23 heavy (non-hydrogen) atoms. The molecule has 0 radical (unpaired) electrons. The van der Waals surface area contributed by atoms with E-state index in [1.807, 2.05) is 19.2 Å². The average molecular weight is 309 g/mol. The Labute approximate surface area is 136 Å². The van der Waals surface area contributed by atoms with Crippen LogP contribution in [0.25, 0.3) is 10.9 Å². The second kappa shape index (κ2) is 6.41. The van der Waals surface area contributed by atoms with Crippen LogP contribution in [0.2, 0.25) is 0 Å². The number of para-hydroxylation sites is 1. The fourth-order valence-corrected chi connectivity index (χ4v) is 2.90. The fraction of sp³-hybridized carbons (Fsp3) is 0.368. The third kappa shape index (κ3) is 3.21. The summed E-state index contributed by atoms with van der Waals surface area (Å²) in [6.45, 7) is 6.41. The predicted molar refractivity (Wildman–Crippen MR) is 93.0 cm³/mol. The molecular formula is C19H23N3O. The van der Waals surface area contributed by atoms with E-state index in [9.17, 15) is 0 Å². The monoisotopic (exact) mass is 309 g/mol. The second-order valence-electron chi connectivity index (χ2n) is 6.35. The summed E-state index contributed by atoms with van der Waals surface area (Å²) < 4.78 is 5.50. The van der Waals surface area contributed by atoms with E-state index in [2.05, 4.69) is 37.0 Å². The van der Waals surface area contributed by atoms with Crippen molar-refractivity contribution in [2.75, 3.05) is 7.11 Å². The second-order valence-corrected chi connectivity index (χ2v) is 6.35. The molecule has 0 aliphatic rings. The van der Waals surface area contributed by atoms with Gasteiger partial charge in [-0.25, -0.2) is 4.98 Å². The summed E-state index contributed by atoms with van der Waals surface area (Å²) >= 11 is 0. The Kier molecular flexibility index (Phi) is 4.33. The van der Waals surface area contributed by atoms with Crippen LogP contribution in [-0.2, 0) is 12.8 Å². The molecule has 3 aromatic rings.